The van der Waals surface area contributed by atoms with Crippen LogP contribution in [-0.2, 0) is 12.6 Å². The molecule has 2 N–H and O–H groups in total. The van der Waals surface area contributed by atoms with Crippen LogP contribution < -0.4 is 5.32 Å². The average molecular weight is 418 g/mol. The van der Waals surface area contributed by atoms with Gasteiger partial charge in [-0.25, -0.2) is 0 Å². The van der Waals surface area contributed by atoms with Crippen molar-refractivity contribution in [3.05, 3.63) is 65.2 Å². The summed E-state index contributed by atoms with van der Waals surface area (Å²) >= 11 is 0. The summed E-state index contributed by atoms with van der Waals surface area (Å²) in [5, 5.41) is 11.5. The van der Waals surface area contributed by atoms with E-state index in [4.69, 9.17) is 0 Å². The number of nitrogens with zero attached hydrogens (tertiary/aromatic N) is 1. The van der Waals surface area contributed by atoms with Crippen LogP contribution in [0.5, 0.6) is 0 Å². The zero-order valence-electron chi connectivity index (χ0n) is 14.8. The molecule has 0 saturated carbocycles. The topological polar surface area (TPSA) is 52.6 Å². The van der Waals surface area contributed by atoms with Gasteiger partial charge in [0.2, 0.25) is 5.66 Å². The maximum Gasteiger partial charge on any atom is 0.430 e. The Bertz CT molecular complexity index is 898. The third kappa shape index (κ3) is 3.76. The number of nitrogens with one attached hydrogen (secondary N) is 1. The molecule has 2 aromatic carbocycles. The molecular weight excluding hydrogens is 402 g/mol. The van der Waals surface area contributed by atoms with Gasteiger partial charge >= 0.3 is 12.4 Å². The van der Waals surface area contributed by atoms with Crippen LogP contribution >= 0.6 is 0 Å². The molecule has 0 spiro atoms. The van der Waals surface area contributed by atoms with Gasteiger partial charge in [0.1, 0.15) is 0 Å². The lowest BCUT2D eigenvalue weighted by Crippen LogP contribution is -2.69. The SMILES string of the molecule is O=C1c2ccc(C(F)(F)F)cc2CC(Nc2ccccc2)(C(F)(F)F)N1CCO. The molecule has 29 heavy (non-hydrogen) atoms. The van der Waals surface area contributed by atoms with Crippen LogP contribution in [-0.4, -0.2) is 40.9 Å². The molecule has 1 amide bonds. The molecule has 1 aliphatic rings. The second-order valence-electron chi connectivity index (χ2n) is 6.58. The maximum absolute atomic E-state index is 14.3. The highest BCUT2D eigenvalue weighted by molar-refractivity contribution is 5.98. The molecule has 0 bridgehead atoms. The molecule has 1 unspecified atom stereocenters. The number of rotatable bonds is 4. The summed E-state index contributed by atoms with van der Waals surface area (Å²) in [6.45, 7) is -1.41. The van der Waals surface area contributed by atoms with Gasteiger partial charge in [-0.15, -0.1) is 0 Å². The molecule has 0 radical (unpaired) electrons. The Morgan fingerprint density at radius 2 is 1.69 bits per heavy atom. The minimum Gasteiger partial charge on any atom is -0.395 e. The van der Waals surface area contributed by atoms with Crippen molar-refractivity contribution in [3.63, 3.8) is 0 Å². The number of fused-ring (bicyclic) bond motifs is 1. The number of β-amino-alcohol motifs (C(OH)–C–C–N with tert-alkyl or cyclic N) is 1. The Kier molecular flexibility index (Phi) is 5.24. The first-order chi connectivity index (χ1) is 13.5. The van der Waals surface area contributed by atoms with Gasteiger partial charge in [0, 0.05) is 24.2 Å². The molecule has 1 heterocycles. The van der Waals surface area contributed by atoms with E-state index in [1.165, 1.54) is 24.3 Å². The zero-order valence-corrected chi connectivity index (χ0v) is 14.8. The van der Waals surface area contributed by atoms with Gasteiger partial charge in [-0.2, -0.15) is 26.3 Å². The summed E-state index contributed by atoms with van der Waals surface area (Å²) < 4.78 is 82.1. The van der Waals surface area contributed by atoms with E-state index in [9.17, 15) is 36.2 Å². The summed E-state index contributed by atoms with van der Waals surface area (Å²) in [5.41, 5.74) is -4.78. The molecule has 4 nitrogen and oxygen atoms in total. The number of amides is 1. The number of carbonyl (C=O) groups is 1. The fourth-order valence-electron chi connectivity index (χ4n) is 3.40. The van der Waals surface area contributed by atoms with Gasteiger partial charge in [0.25, 0.3) is 5.91 Å². The van der Waals surface area contributed by atoms with Crippen molar-refractivity contribution in [2.75, 3.05) is 18.5 Å². The molecule has 2 aromatic rings. The van der Waals surface area contributed by atoms with E-state index in [1.807, 2.05) is 0 Å². The normalized spacial score (nSPS) is 19.8. The molecule has 10 heteroatoms. The lowest BCUT2D eigenvalue weighted by molar-refractivity contribution is -0.216. The van der Waals surface area contributed by atoms with Crippen LogP contribution in [0.25, 0.3) is 0 Å². The fourth-order valence-corrected chi connectivity index (χ4v) is 3.40. The molecule has 0 fully saturated rings. The number of para-hydroxylation sites is 1. The van der Waals surface area contributed by atoms with E-state index in [-0.39, 0.29) is 16.8 Å². The van der Waals surface area contributed by atoms with Crippen molar-refractivity contribution >= 4 is 11.6 Å². The number of carbonyl (C=O) groups excluding carboxylic acids is 1. The van der Waals surface area contributed by atoms with Gasteiger partial charge in [-0.05, 0) is 35.9 Å². The van der Waals surface area contributed by atoms with Crippen molar-refractivity contribution in [2.45, 2.75) is 24.4 Å². The smallest absolute Gasteiger partial charge is 0.395 e. The van der Waals surface area contributed by atoms with Crippen molar-refractivity contribution in [1.29, 1.82) is 0 Å². The minimum atomic E-state index is -5.06. The summed E-state index contributed by atoms with van der Waals surface area (Å²) in [6, 6.07) is 9.30. The lowest BCUT2D eigenvalue weighted by atomic mass is 9.86. The van der Waals surface area contributed by atoms with E-state index < -0.39 is 49.1 Å². The Balaban J connectivity index is 2.19. The van der Waals surface area contributed by atoms with Crippen LogP contribution in [0.4, 0.5) is 32.0 Å². The van der Waals surface area contributed by atoms with E-state index in [1.54, 1.807) is 6.07 Å². The van der Waals surface area contributed by atoms with E-state index in [0.29, 0.717) is 17.0 Å². The van der Waals surface area contributed by atoms with E-state index in [2.05, 4.69) is 5.32 Å². The molecule has 0 saturated heterocycles. The number of aliphatic hydroxyl groups is 1. The Morgan fingerprint density at radius 3 is 2.24 bits per heavy atom. The number of aliphatic hydroxyl groups excluding tert-OH is 1. The molecule has 0 aliphatic carbocycles. The molecule has 1 atom stereocenters. The Morgan fingerprint density at radius 1 is 1.03 bits per heavy atom. The van der Waals surface area contributed by atoms with E-state index in [0.717, 1.165) is 6.07 Å². The van der Waals surface area contributed by atoms with Crippen LogP contribution in [0.15, 0.2) is 48.5 Å². The van der Waals surface area contributed by atoms with Crippen LogP contribution in [0.1, 0.15) is 21.5 Å². The molecule has 156 valence electrons. The van der Waals surface area contributed by atoms with Crippen molar-refractivity contribution < 1.29 is 36.2 Å². The van der Waals surface area contributed by atoms with E-state index >= 15 is 0 Å². The quantitative estimate of drug-likeness (QED) is 0.737. The second-order valence-corrected chi connectivity index (χ2v) is 6.58. The lowest BCUT2D eigenvalue weighted by Gasteiger charge is -2.48. The standard InChI is InChI=1S/C19H16F6N2O2/c20-18(21,22)13-6-7-15-12(10-13)11-17(19(23,24)25,27(8-9-28)16(15)29)26-14-4-2-1-3-5-14/h1-7,10,26,28H,8-9,11H2. The minimum absolute atomic E-state index is 0.0241. The van der Waals surface area contributed by atoms with Gasteiger partial charge in [-0.1, -0.05) is 18.2 Å². The fraction of sp³-hybridized carbons (Fsp3) is 0.316. The molecule has 1 aliphatic heterocycles. The van der Waals surface area contributed by atoms with Crippen molar-refractivity contribution in [3.8, 4) is 0 Å². The summed E-state index contributed by atoms with van der Waals surface area (Å²) in [6.07, 6.45) is -10.8. The predicted octanol–water partition coefficient (Wildman–Crippen LogP) is 4.07. The molecular formula is C19H16F6N2O2. The number of alkyl halides is 6. The first-order valence-corrected chi connectivity index (χ1v) is 8.52. The van der Waals surface area contributed by atoms with Gasteiger partial charge in [0.15, 0.2) is 0 Å². The number of benzene rings is 2. The number of hydrogen-bond donors (Lipinski definition) is 2. The summed E-state index contributed by atoms with van der Waals surface area (Å²) in [7, 11) is 0. The first-order valence-electron chi connectivity index (χ1n) is 8.52. The maximum atomic E-state index is 14.3. The second kappa shape index (κ2) is 7.25. The third-order valence-electron chi connectivity index (χ3n) is 4.73. The summed E-state index contributed by atoms with van der Waals surface area (Å²) in [5.74, 6) is -1.12. The number of halogens is 6. The number of hydrogen-bond acceptors (Lipinski definition) is 3. The largest absolute Gasteiger partial charge is 0.430 e. The highest BCUT2D eigenvalue weighted by Crippen LogP contribution is 2.44. The zero-order chi connectivity index (χ0) is 21.4. The Labute approximate surface area is 161 Å². The molecule has 3 rings (SSSR count). The van der Waals surface area contributed by atoms with Crippen LogP contribution in [0, 0.1) is 0 Å². The van der Waals surface area contributed by atoms with Crippen molar-refractivity contribution in [1.82, 2.24) is 4.90 Å². The monoisotopic (exact) mass is 418 g/mol. The highest BCUT2D eigenvalue weighted by Gasteiger charge is 2.62. The first kappa shape index (κ1) is 21.0. The summed E-state index contributed by atoms with van der Waals surface area (Å²) in [4.78, 5) is 13.2. The van der Waals surface area contributed by atoms with Gasteiger partial charge in [-0.3, -0.25) is 4.79 Å². The molecule has 0 aromatic heterocycles. The van der Waals surface area contributed by atoms with Gasteiger partial charge in [0.05, 0.1) is 12.2 Å². The average Bonchev–Trinajstić information content (AvgIpc) is 2.63. The van der Waals surface area contributed by atoms with Crippen LogP contribution in [0.3, 0.4) is 0 Å². The van der Waals surface area contributed by atoms with Crippen LogP contribution in [0.2, 0.25) is 0 Å². The highest BCUT2D eigenvalue weighted by atomic mass is 19.4. The third-order valence-corrected chi connectivity index (χ3v) is 4.73. The Hall–Kier alpha value is -2.75. The van der Waals surface area contributed by atoms with Crippen molar-refractivity contribution in [2.24, 2.45) is 0 Å². The predicted molar refractivity (Wildman–Crippen MR) is 92.1 cm³/mol. The number of anilines is 1. The van der Waals surface area contributed by atoms with Gasteiger partial charge < -0.3 is 15.3 Å².